The monoisotopic (exact) mass is 221 g/mol. The normalized spacial score (nSPS) is 29.4. The van der Waals surface area contributed by atoms with Crippen molar-refractivity contribution in [3.63, 3.8) is 0 Å². The van der Waals surface area contributed by atoms with E-state index in [9.17, 15) is 9.59 Å². The molecule has 2 amide bonds. The van der Waals surface area contributed by atoms with Gasteiger partial charge in [-0.1, -0.05) is 26.2 Å². The summed E-state index contributed by atoms with van der Waals surface area (Å²) in [6.07, 6.45) is 9.65. The molecule has 2 rings (SSSR count). The predicted octanol–water partition coefficient (Wildman–Crippen LogP) is 2.27. The van der Waals surface area contributed by atoms with E-state index in [1.807, 2.05) is 0 Å². The Kier molecular flexibility index (Phi) is 3.42. The average molecular weight is 221 g/mol. The van der Waals surface area contributed by atoms with Gasteiger partial charge in [-0.2, -0.15) is 0 Å². The lowest BCUT2D eigenvalue weighted by atomic mass is 9.96. The Morgan fingerprint density at radius 2 is 1.94 bits per heavy atom. The van der Waals surface area contributed by atoms with Crippen LogP contribution in [0.4, 0.5) is 0 Å². The van der Waals surface area contributed by atoms with Crippen LogP contribution in [0, 0.1) is 5.92 Å². The van der Waals surface area contributed by atoms with E-state index in [4.69, 9.17) is 0 Å². The molecule has 16 heavy (non-hydrogen) atoms. The molecule has 0 spiro atoms. The SMILES string of the molecule is CCCCC1CCCC1N1C(=O)C=CC1=O. The van der Waals surface area contributed by atoms with Crippen LogP contribution in [0.25, 0.3) is 0 Å². The first kappa shape index (κ1) is 11.4. The van der Waals surface area contributed by atoms with Crippen LogP contribution in [-0.4, -0.2) is 22.8 Å². The number of carbonyl (C=O) groups excluding carboxylic acids is 2. The third kappa shape index (κ3) is 2.04. The van der Waals surface area contributed by atoms with Gasteiger partial charge in [-0.25, -0.2) is 0 Å². The molecule has 2 aliphatic rings. The summed E-state index contributed by atoms with van der Waals surface area (Å²) in [7, 11) is 0. The Bertz CT molecular complexity index is 304. The van der Waals surface area contributed by atoms with E-state index in [0.29, 0.717) is 5.92 Å². The van der Waals surface area contributed by atoms with Crippen LogP contribution in [0.2, 0.25) is 0 Å². The molecule has 0 aromatic heterocycles. The van der Waals surface area contributed by atoms with Gasteiger partial charge in [-0.3, -0.25) is 14.5 Å². The Hall–Kier alpha value is -1.12. The maximum atomic E-state index is 11.6. The highest BCUT2D eigenvalue weighted by molar-refractivity contribution is 6.13. The van der Waals surface area contributed by atoms with Gasteiger partial charge in [0.25, 0.3) is 11.8 Å². The summed E-state index contributed by atoms with van der Waals surface area (Å²) in [5.74, 6) is 0.310. The van der Waals surface area contributed by atoms with Crippen LogP contribution in [0.1, 0.15) is 45.4 Å². The molecule has 1 saturated carbocycles. The van der Waals surface area contributed by atoms with E-state index in [0.717, 1.165) is 19.3 Å². The molecule has 0 aromatic carbocycles. The van der Waals surface area contributed by atoms with E-state index in [2.05, 4.69) is 6.92 Å². The van der Waals surface area contributed by atoms with Crippen LogP contribution in [0.15, 0.2) is 12.2 Å². The average Bonchev–Trinajstić information content (AvgIpc) is 2.83. The van der Waals surface area contributed by atoms with Crippen LogP contribution in [0.3, 0.4) is 0 Å². The van der Waals surface area contributed by atoms with Crippen LogP contribution in [-0.2, 0) is 9.59 Å². The molecule has 1 aliphatic heterocycles. The molecule has 1 heterocycles. The molecule has 0 radical (unpaired) electrons. The number of amides is 2. The first-order valence-electron chi connectivity index (χ1n) is 6.29. The fourth-order valence-corrected chi connectivity index (χ4v) is 2.90. The van der Waals surface area contributed by atoms with E-state index >= 15 is 0 Å². The highest BCUT2D eigenvalue weighted by Crippen LogP contribution is 2.34. The summed E-state index contributed by atoms with van der Waals surface area (Å²) >= 11 is 0. The summed E-state index contributed by atoms with van der Waals surface area (Å²) in [6, 6.07) is 0.168. The van der Waals surface area contributed by atoms with Gasteiger partial charge in [0.1, 0.15) is 0 Å². The lowest BCUT2D eigenvalue weighted by Gasteiger charge is -2.27. The standard InChI is InChI=1S/C13H19NO2/c1-2-3-5-10-6-4-7-11(10)14-12(15)8-9-13(14)16/h8-11H,2-7H2,1H3. The van der Waals surface area contributed by atoms with E-state index < -0.39 is 0 Å². The summed E-state index contributed by atoms with van der Waals surface area (Å²) in [5.41, 5.74) is 0. The maximum Gasteiger partial charge on any atom is 0.253 e. The van der Waals surface area contributed by atoms with Gasteiger partial charge >= 0.3 is 0 Å². The molecule has 88 valence electrons. The molecule has 1 fully saturated rings. The number of unbranched alkanes of at least 4 members (excludes halogenated alkanes) is 1. The van der Waals surface area contributed by atoms with Crippen LogP contribution >= 0.6 is 0 Å². The van der Waals surface area contributed by atoms with Crippen molar-refractivity contribution in [1.82, 2.24) is 4.90 Å². The molecular formula is C13H19NO2. The molecular weight excluding hydrogens is 202 g/mol. The van der Waals surface area contributed by atoms with Crippen molar-refractivity contribution in [3.8, 4) is 0 Å². The van der Waals surface area contributed by atoms with Gasteiger partial charge < -0.3 is 0 Å². The molecule has 1 aliphatic carbocycles. The third-order valence-electron chi connectivity index (χ3n) is 3.72. The zero-order valence-electron chi connectivity index (χ0n) is 9.82. The Balaban J connectivity index is 2.02. The summed E-state index contributed by atoms with van der Waals surface area (Å²) < 4.78 is 0. The van der Waals surface area contributed by atoms with E-state index in [1.54, 1.807) is 0 Å². The largest absolute Gasteiger partial charge is 0.272 e. The van der Waals surface area contributed by atoms with E-state index in [1.165, 1.54) is 36.3 Å². The second-order valence-electron chi connectivity index (χ2n) is 4.78. The van der Waals surface area contributed by atoms with Crippen molar-refractivity contribution in [1.29, 1.82) is 0 Å². The van der Waals surface area contributed by atoms with Crippen molar-refractivity contribution < 1.29 is 9.59 Å². The second kappa shape index (κ2) is 4.81. The number of nitrogens with zero attached hydrogens (tertiary/aromatic N) is 1. The number of hydrogen-bond acceptors (Lipinski definition) is 2. The predicted molar refractivity (Wildman–Crippen MR) is 61.6 cm³/mol. The highest BCUT2D eigenvalue weighted by Gasteiger charge is 2.38. The molecule has 0 N–H and O–H groups in total. The number of rotatable bonds is 4. The number of hydrogen-bond donors (Lipinski definition) is 0. The zero-order valence-corrected chi connectivity index (χ0v) is 9.82. The van der Waals surface area contributed by atoms with Crippen molar-refractivity contribution >= 4 is 11.8 Å². The minimum Gasteiger partial charge on any atom is -0.272 e. The molecule has 3 heteroatoms. The fourth-order valence-electron chi connectivity index (χ4n) is 2.90. The zero-order chi connectivity index (χ0) is 11.5. The number of imide groups is 1. The lowest BCUT2D eigenvalue weighted by Crippen LogP contribution is -2.42. The maximum absolute atomic E-state index is 11.6. The fraction of sp³-hybridized carbons (Fsp3) is 0.692. The van der Waals surface area contributed by atoms with Gasteiger partial charge in [0.15, 0.2) is 0 Å². The van der Waals surface area contributed by atoms with Gasteiger partial charge in [0, 0.05) is 18.2 Å². The Morgan fingerprint density at radius 1 is 1.25 bits per heavy atom. The lowest BCUT2D eigenvalue weighted by molar-refractivity contribution is -0.140. The molecule has 0 bridgehead atoms. The van der Waals surface area contributed by atoms with Gasteiger partial charge in [0.2, 0.25) is 0 Å². The Labute approximate surface area is 96.5 Å². The smallest absolute Gasteiger partial charge is 0.253 e. The molecule has 0 aromatic rings. The summed E-state index contributed by atoms with van der Waals surface area (Å²) in [4.78, 5) is 24.7. The van der Waals surface area contributed by atoms with Crippen LogP contribution in [0.5, 0.6) is 0 Å². The molecule has 2 unspecified atom stereocenters. The summed E-state index contributed by atoms with van der Waals surface area (Å²) in [5, 5.41) is 0. The van der Waals surface area contributed by atoms with E-state index in [-0.39, 0.29) is 17.9 Å². The highest BCUT2D eigenvalue weighted by atomic mass is 16.2. The first-order chi connectivity index (χ1) is 7.74. The number of carbonyl (C=O) groups is 2. The minimum absolute atomic E-state index is 0.113. The molecule has 2 atom stereocenters. The summed E-state index contributed by atoms with van der Waals surface area (Å²) in [6.45, 7) is 2.18. The minimum atomic E-state index is -0.113. The third-order valence-corrected chi connectivity index (χ3v) is 3.72. The van der Waals surface area contributed by atoms with Crippen molar-refractivity contribution in [3.05, 3.63) is 12.2 Å². The topological polar surface area (TPSA) is 37.4 Å². The molecule has 3 nitrogen and oxygen atoms in total. The van der Waals surface area contributed by atoms with Crippen LogP contribution < -0.4 is 0 Å². The van der Waals surface area contributed by atoms with Gasteiger partial charge in [-0.15, -0.1) is 0 Å². The van der Waals surface area contributed by atoms with Gasteiger partial charge in [-0.05, 0) is 25.2 Å². The van der Waals surface area contributed by atoms with Crippen molar-refractivity contribution in [2.75, 3.05) is 0 Å². The van der Waals surface area contributed by atoms with Gasteiger partial charge in [0.05, 0.1) is 0 Å². The van der Waals surface area contributed by atoms with Crippen molar-refractivity contribution in [2.45, 2.75) is 51.5 Å². The Morgan fingerprint density at radius 3 is 2.56 bits per heavy atom. The second-order valence-corrected chi connectivity index (χ2v) is 4.78. The van der Waals surface area contributed by atoms with Crippen molar-refractivity contribution in [2.24, 2.45) is 5.92 Å². The first-order valence-corrected chi connectivity index (χ1v) is 6.29. The molecule has 0 saturated heterocycles. The quantitative estimate of drug-likeness (QED) is 0.683.